The van der Waals surface area contributed by atoms with Gasteiger partial charge in [-0.1, -0.05) is 12.1 Å². The molecule has 0 aromatic heterocycles. The Bertz CT molecular complexity index is 1140. The number of aliphatic imine (C=N–C) groups is 1. The van der Waals surface area contributed by atoms with Crippen molar-refractivity contribution in [1.29, 1.82) is 0 Å². The molecular weight excluding hydrogens is 454 g/mol. The molecule has 9 heteroatoms. The van der Waals surface area contributed by atoms with Crippen molar-refractivity contribution < 1.29 is 23.8 Å². The molecule has 0 radical (unpaired) electrons. The fraction of sp³-hybridized carbons (Fsp3) is 0.320. The van der Waals surface area contributed by atoms with Crippen molar-refractivity contribution >= 4 is 40.5 Å². The molecule has 2 aliphatic heterocycles. The molecule has 4 rings (SSSR count). The lowest BCUT2D eigenvalue weighted by Gasteiger charge is -2.26. The molecule has 2 aromatic carbocycles. The minimum Gasteiger partial charge on any atom is -0.493 e. The molecule has 0 spiro atoms. The number of rotatable bonds is 6. The van der Waals surface area contributed by atoms with Crippen molar-refractivity contribution in [3.63, 3.8) is 0 Å². The van der Waals surface area contributed by atoms with E-state index in [1.165, 1.54) is 11.8 Å². The summed E-state index contributed by atoms with van der Waals surface area (Å²) in [4.78, 5) is 34.6. The highest BCUT2D eigenvalue weighted by atomic mass is 32.2. The largest absolute Gasteiger partial charge is 0.493 e. The van der Waals surface area contributed by atoms with Gasteiger partial charge in [0.1, 0.15) is 0 Å². The van der Waals surface area contributed by atoms with Gasteiger partial charge in [-0.2, -0.15) is 0 Å². The van der Waals surface area contributed by atoms with Crippen LogP contribution in [0.15, 0.2) is 52.4 Å². The van der Waals surface area contributed by atoms with Gasteiger partial charge in [-0.25, -0.2) is 4.99 Å². The molecule has 0 atom stereocenters. The summed E-state index contributed by atoms with van der Waals surface area (Å²) in [5.74, 6) is 1.07. The highest BCUT2D eigenvalue weighted by Crippen LogP contribution is 2.35. The number of carbonyl (C=O) groups excluding carboxylic acids is 2. The van der Waals surface area contributed by atoms with Crippen molar-refractivity contribution in [2.24, 2.45) is 4.99 Å². The van der Waals surface area contributed by atoms with Crippen molar-refractivity contribution in [2.75, 3.05) is 47.1 Å². The summed E-state index contributed by atoms with van der Waals surface area (Å²) in [6.45, 7) is 4.65. The van der Waals surface area contributed by atoms with Gasteiger partial charge in [0.25, 0.3) is 11.8 Å². The number of benzene rings is 2. The lowest BCUT2D eigenvalue weighted by Crippen LogP contribution is -2.40. The summed E-state index contributed by atoms with van der Waals surface area (Å²) in [7, 11) is 3.16. The number of likely N-dealkylation sites (N-methyl/N-ethyl adjacent to an activating group) is 1. The van der Waals surface area contributed by atoms with E-state index < -0.39 is 0 Å². The van der Waals surface area contributed by atoms with Crippen LogP contribution in [0, 0.1) is 0 Å². The predicted octanol–water partition coefficient (Wildman–Crippen LogP) is 3.80. The molecule has 8 nitrogen and oxygen atoms in total. The quantitative estimate of drug-likeness (QED) is 0.584. The normalized spacial score (nSPS) is 18.6. The standard InChI is InChI=1S/C25H27N3O5S/c1-4-28-24(30)22(15-17-8-9-20(31-2)21(14-17)32-3)34-25(28)26-19-7-5-6-18(16-19)23(29)27-10-12-33-13-11-27/h5-9,14-16H,4,10-13H2,1-3H3/b22-15+,26-25?. The average Bonchev–Trinajstić information content (AvgIpc) is 3.17. The first-order valence-electron chi connectivity index (χ1n) is 11.0. The highest BCUT2D eigenvalue weighted by Gasteiger charge is 2.32. The number of morpholine rings is 1. The van der Waals surface area contributed by atoms with Crippen LogP contribution < -0.4 is 9.47 Å². The molecule has 2 aliphatic rings. The van der Waals surface area contributed by atoms with Gasteiger partial charge in [-0.05, 0) is 60.7 Å². The third-order valence-electron chi connectivity index (χ3n) is 5.53. The number of amides is 2. The zero-order valence-corrected chi connectivity index (χ0v) is 20.3. The number of nitrogens with zero attached hydrogens (tertiary/aromatic N) is 3. The second-order valence-electron chi connectivity index (χ2n) is 7.62. The van der Waals surface area contributed by atoms with Crippen LogP contribution in [-0.2, 0) is 9.53 Å². The Kier molecular flexibility index (Phi) is 7.54. The monoisotopic (exact) mass is 481 g/mol. The SMILES string of the molecule is CCN1C(=O)/C(=C\c2ccc(OC)c(OC)c2)SC1=Nc1cccc(C(=O)N2CCOCC2)c1. The van der Waals surface area contributed by atoms with Gasteiger partial charge in [0.15, 0.2) is 16.7 Å². The second kappa shape index (κ2) is 10.8. The first-order valence-corrected chi connectivity index (χ1v) is 11.8. The van der Waals surface area contributed by atoms with Crippen molar-refractivity contribution in [3.8, 4) is 11.5 Å². The summed E-state index contributed by atoms with van der Waals surface area (Å²) in [6.07, 6.45) is 1.82. The van der Waals surface area contributed by atoms with Gasteiger partial charge in [-0.3, -0.25) is 14.5 Å². The Labute approximate surface area is 203 Å². The second-order valence-corrected chi connectivity index (χ2v) is 8.63. The molecule has 2 fully saturated rings. The number of amidine groups is 1. The Morgan fingerprint density at radius 2 is 1.88 bits per heavy atom. The topological polar surface area (TPSA) is 80.7 Å². The van der Waals surface area contributed by atoms with Gasteiger partial charge in [0.2, 0.25) is 0 Å². The van der Waals surface area contributed by atoms with Crippen LogP contribution in [-0.4, -0.2) is 73.8 Å². The Balaban J connectivity index is 1.59. The van der Waals surface area contributed by atoms with E-state index in [1.54, 1.807) is 42.2 Å². The maximum absolute atomic E-state index is 13.0. The molecule has 0 aliphatic carbocycles. The summed E-state index contributed by atoms with van der Waals surface area (Å²) < 4.78 is 16.0. The van der Waals surface area contributed by atoms with Crippen LogP contribution in [0.3, 0.4) is 0 Å². The third kappa shape index (κ3) is 5.10. The molecule has 2 saturated heterocycles. The number of hydrogen-bond acceptors (Lipinski definition) is 7. The predicted molar refractivity (Wildman–Crippen MR) is 133 cm³/mol. The lowest BCUT2D eigenvalue weighted by atomic mass is 10.1. The fourth-order valence-electron chi connectivity index (χ4n) is 3.73. The van der Waals surface area contributed by atoms with Crippen LogP contribution in [0.5, 0.6) is 11.5 Å². The van der Waals surface area contributed by atoms with E-state index in [2.05, 4.69) is 0 Å². The van der Waals surface area contributed by atoms with E-state index in [1.807, 2.05) is 37.3 Å². The number of carbonyl (C=O) groups is 2. The van der Waals surface area contributed by atoms with Gasteiger partial charge in [0.05, 0.1) is 38.0 Å². The number of methoxy groups -OCH3 is 2. The van der Waals surface area contributed by atoms with Crippen molar-refractivity contribution in [3.05, 3.63) is 58.5 Å². The van der Waals surface area contributed by atoms with Crippen LogP contribution in [0.1, 0.15) is 22.8 Å². The van der Waals surface area contributed by atoms with Gasteiger partial charge >= 0.3 is 0 Å². The molecule has 2 heterocycles. The van der Waals surface area contributed by atoms with E-state index in [0.717, 1.165) is 5.56 Å². The minimum absolute atomic E-state index is 0.0399. The van der Waals surface area contributed by atoms with E-state index in [-0.39, 0.29) is 11.8 Å². The van der Waals surface area contributed by atoms with Gasteiger partial charge in [0, 0.05) is 25.2 Å². The number of ether oxygens (including phenoxy) is 3. The maximum atomic E-state index is 13.0. The summed E-state index contributed by atoms with van der Waals surface area (Å²) in [6, 6.07) is 12.7. The van der Waals surface area contributed by atoms with Gasteiger partial charge < -0.3 is 19.1 Å². The van der Waals surface area contributed by atoms with Crippen molar-refractivity contribution in [2.45, 2.75) is 6.92 Å². The summed E-state index contributed by atoms with van der Waals surface area (Å²) >= 11 is 1.31. The van der Waals surface area contributed by atoms with E-state index >= 15 is 0 Å². The van der Waals surface area contributed by atoms with E-state index in [4.69, 9.17) is 19.2 Å². The van der Waals surface area contributed by atoms with Crippen molar-refractivity contribution in [1.82, 2.24) is 9.80 Å². The molecule has 2 aromatic rings. The molecule has 178 valence electrons. The van der Waals surface area contributed by atoms with Gasteiger partial charge in [-0.15, -0.1) is 0 Å². The highest BCUT2D eigenvalue weighted by molar-refractivity contribution is 8.18. The zero-order chi connectivity index (χ0) is 24.1. The Hall–Kier alpha value is -3.30. The Morgan fingerprint density at radius 3 is 2.59 bits per heavy atom. The number of hydrogen-bond donors (Lipinski definition) is 0. The molecular formula is C25H27N3O5S. The minimum atomic E-state index is -0.110. The molecule has 2 amide bonds. The van der Waals surface area contributed by atoms with E-state index in [0.29, 0.717) is 65.7 Å². The van der Waals surface area contributed by atoms with Crippen LogP contribution in [0.2, 0.25) is 0 Å². The molecule has 34 heavy (non-hydrogen) atoms. The number of thioether (sulfide) groups is 1. The molecule has 0 N–H and O–H groups in total. The van der Waals surface area contributed by atoms with E-state index in [9.17, 15) is 9.59 Å². The zero-order valence-electron chi connectivity index (χ0n) is 19.4. The molecule has 0 bridgehead atoms. The molecule has 0 saturated carbocycles. The maximum Gasteiger partial charge on any atom is 0.266 e. The van der Waals surface area contributed by atoms with Crippen LogP contribution >= 0.6 is 11.8 Å². The van der Waals surface area contributed by atoms with Crippen LogP contribution in [0.25, 0.3) is 6.08 Å². The van der Waals surface area contributed by atoms with Crippen LogP contribution in [0.4, 0.5) is 5.69 Å². The summed E-state index contributed by atoms with van der Waals surface area (Å²) in [5.41, 5.74) is 2.02. The smallest absolute Gasteiger partial charge is 0.266 e. The average molecular weight is 482 g/mol. The third-order valence-corrected chi connectivity index (χ3v) is 6.53. The first kappa shape index (κ1) is 23.8. The fourth-order valence-corrected chi connectivity index (χ4v) is 4.79. The molecule has 0 unspecified atom stereocenters. The summed E-state index contributed by atoms with van der Waals surface area (Å²) in [5, 5.41) is 0.579. The Morgan fingerprint density at radius 1 is 1.12 bits per heavy atom. The first-order chi connectivity index (χ1) is 16.5. The lowest BCUT2D eigenvalue weighted by molar-refractivity contribution is -0.122.